The number of piperidine rings is 1. The van der Waals surface area contributed by atoms with Crippen LogP contribution in [0.4, 0.5) is 4.39 Å². The molecule has 2 heterocycles. The predicted molar refractivity (Wildman–Crippen MR) is 83.5 cm³/mol. The number of rotatable bonds is 4. The summed E-state index contributed by atoms with van der Waals surface area (Å²) >= 11 is 0. The van der Waals surface area contributed by atoms with Gasteiger partial charge in [-0.15, -0.1) is 0 Å². The Bertz CT molecular complexity index is 521. The Morgan fingerprint density at radius 1 is 1.27 bits per heavy atom. The van der Waals surface area contributed by atoms with Gasteiger partial charge in [-0.2, -0.15) is 0 Å². The molecule has 4 atom stereocenters. The molecule has 2 bridgehead atoms. The quantitative estimate of drug-likeness (QED) is 0.801. The van der Waals surface area contributed by atoms with Crippen molar-refractivity contribution < 1.29 is 13.9 Å². The van der Waals surface area contributed by atoms with Crippen LogP contribution in [-0.2, 0) is 14.9 Å². The van der Waals surface area contributed by atoms with Crippen LogP contribution in [-0.4, -0.2) is 42.8 Å². The first-order valence-corrected chi connectivity index (χ1v) is 8.09. The standard InChI is InChI=1S/C18H24FNO2/c1-18(12-19,13-6-4-3-5-7-13)17(21)22-16-10-14-8-9-15(11-16)20(14)2/h3-7,14-16H,8-12H2,1-2H3/t14-,15+,16+,18?. The summed E-state index contributed by atoms with van der Waals surface area (Å²) in [5.41, 5.74) is -0.526. The summed E-state index contributed by atoms with van der Waals surface area (Å²) in [6, 6.07) is 10.1. The molecule has 120 valence electrons. The molecule has 2 saturated heterocycles. The largest absolute Gasteiger partial charge is 0.462 e. The van der Waals surface area contributed by atoms with Crippen LogP contribution in [0.1, 0.15) is 38.2 Å². The van der Waals surface area contributed by atoms with E-state index >= 15 is 0 Å². The zero-order valence-corrected chi connectivity index (χ0v) is 13.3. The maximum absolute atomic E-state index is 13.7. The molecule has 0 N–H and O–H groups in total. The summed E-state index contributed by atoms with van der Waals surface area (Å²) in [6.45, 7) is 0.892. The Labute approximate surface area is 131 Å². The van der Waals surface area contributed by atoms with Gasteiger partial charge in [0.05, 0.1) is 0 Å². The van der Waals surface area contributed by atoms with E-state index < -0.39 is 18.1 Å². The first-order chi connectivity index (χ1) is 10.5. The monoisotopic (exact) mass is 305 g/mol. The van der Waals surface area contributed by atoms with E-state index in [1.807, 2.05) is 18.2 Å². The first-order valence-electron chi connectivity index (χ1n) is 8.09. The second-order valence-corrected chi connectivity index (χ2v) is 6.88. The molecule has 0 aromatic heterocycles. The summed E-state index contributed by atoms with van der Waals surface area (Å²) in [5, 5.41) is 0. The molecule has 2 fully saturated rings. The number of ether oxygens (including phenoxy) is 1. The van der Waals surface area contributed by atoms with Crippen LogP contribution < -0.4 is 0 Å². The number of hydrogen-bond acceptors (Lipinski definition) is 3. The Kier molecular flexibility index (Phi) is 4.22. The van der Waals surface area contributed by atoms with Crippen LogP contribution in [0, 0.1) is 0 Å². The van der Waals surface area contributed by atoms with Crippen molar-refractivity contribution in [3.05, 3.63) is 35.9 Å². The number of esters is 1. The van der Waals surface area contributed by atoms with Crippen molar-refractivity contribution in [1.29, 1.82) is 0 Å². The van der Waals surface area contributed by atoms with Crippen molar-refractivity contribution in [2.24, 2.45) is 0 Å². The van der Waals surface area contributed by atoms with Gasteiger partial charge in [0.15, 0.2) is 0 Å². The minimum Gasteiger partial charge on any atom is -0.462 e. The average molecular weight is 305 g/mol. The van der Waals surface area contributed by atoms with Crippen molar-refractivity contribution in [3.63, 3.8) is 0 Å². The SMILES string of the molecule is CN1[C@@H]2CC[C@H]1C[C@@H](OC(=O)C(C)(CF)c1ccccc1)C2. The average Bonchev–Trinajstić information content (AvgIpc) is 2.76. The molecule has 3 rings (SSSR count). The third-order valence-corrected chi connectivity index (χ3v) is 5.46. The highest BCUT2D eigenvalue weighted by Crippen LogP contribution is 2.36. The van der Waals surface area contributed by atoms with E-state index in [1.54, 1.807) is 19.1 Å². The minimum atomic E-state index is -1.20. The van der Waals surface area contributed by atoms with E-state index in [2.05, 4.69) is 11.9 Å². The molecule has 0 aliphatic carbocycles. The number of alkyl halides is 1. The van der Waals surface area contributed by atoms with Crippen molar-refractivity contribution in [2.75, 3.05) is 13.7 Å². The lowest BCUT2D eigenvalue weighted by atomic mass is 9.83. The van der Waals surface area contributed by atoms with E-state index in [9.17, 15) is 9.18 Å². The van der Waals surface area contributed by atoms with Gasteiger partial charge in [-0.1, -0.05) is 30.3 Å². The van der Waals surface area contributed by atoms with Crippen molar-refractivity contribution in [1.82, 2.24) is 4.90 Å². The molecule has 3 nitrogen and oxygen atoms in total. The minimum absolute atomic E-state index is 0.0733. The van der Waals surface area contributed by atoms with Gasteiger partial charge in [-0.05, 0) is 45.2 Å². The third kappa shape index (κ3) is 2.65. The molecule has 4 heteroatoms. The molecule has 0 amide bonds. The Balaban J connectivity index is 1.71. The first kappa shape index (κ1) is 15.5. The fraction of sp³-hybridized carbons (Fsp3) is 0.611. The van der Waals surface area contributed by atoms with Gasteiger partial charge in [-0.3, -0.25) is 4.79 Å². The molecule has 1 unspecified atom stereocenters. The van der Waals surface area contributed by atoms with Gasteiger partial charge >= 0.3 is 5.97 Å². The fourth-order valence-electron chi connectivity index (χ4n) is 3.79. The van der Waals surface area contributed by atoms with E-state index in [-0.39, 0.29) is 6.10 Å². The number of hydrogen-bond donors (Lipinski definition) is 0. The molecular weight excluding hydrogens is 281 g/mol. The van der Waals surface area contributed by atoms with Crippen LogP contribution in [0.2, 0.25) is 0 Å². The highest BCUT2D eigenvalue weighted by atomic mass is 19.1. The van der Waals surface area contributed by atoms with Crippen LogP contribution >= 0.6 is 0 Å². The summed E-state index contributed by atoms with van der Waals surface area (Å²) in [6.07, 6.45) is 4.02. The van der Waals surface area contributed by atoms with Crippen LogP contribution in [0.3, 0.4) is 0 Å². The molecule has 2 aliphatic rings. The van der Waals surface area contributed by atoms with Gasteiger partial charge in [0, 0.05) is 12.1 Å². The van der Waals surface area contributed by atoms with E-state index in [4.69, 9.17) is 4.74 Å². The molecule has 0 spiro atoms. The van der Waals surface area contributed by atoms with E-state index in [0.29, 0.717) is 17.6 Å². The topological polar surface area (TPSA) is 29.5 Å². The zero-order valence-electron chi connectivity index (χ0n) is 13.3. The van der Waals surface area contributed by atoms with Gasteiger partial charge in [0.1, 0.15) is 18.2 Å². The van der Waals surface area contributed by atoms with Gasteiger partial charge in [-0.25, -0.2) is 4.39 Å². The molecule has 0 saturated carbocycles. The maximum atomic E-state index is 13.7. The molecule has 1 aromatic rings. The highest BCUT2D eigenvalue weighted by molar-refractivity contribution is 5.83. The van der Waals surface area contributed by atoms with Crippen molar-refractivity contribution in [2.45, 2.75) is 56.2 Å². The molecule has 1 aromatic carbocycles. The summed E-state index contributed by atoms with van der Waals surface area (Å²) in [4.78, 5) is 15.0. The number of nitrogens with zero attached hydrogens (tertiary/aromatic N) is 1. The normalized spacial score (nSPS) is 30.8. The molecule has 2 aliphatic heterocycles. The van der Waals surface area contributed by atoms with Crippen LogP contribution in [0.5, 0.6) is 0 Å². The Morgan fingerprint density at radius 2 is 1.86 bits per heavy atom. The smallest absolute Gasteiger partial charge is 0.319 e. The zero-order chi connectivity index (χ0) is 15.7. The lowest BCUT2D eigenvalue weighted by Gasteiger charge is -2.37. The number of carbonyl (C=O) groups excluding carboxylic acids is 1. The third-order valence-electron chi connectivity index (χ3n) is 5.46. The van der Waals surface area contributed by atoms with E-state index in [1.165, 1.54) is 12.8 Å². The number of carbonyl (C=O) groups is 1. The maximum Gasteiger partial charge on any atom is 0.319 e. The Morgan fingerprint density at radius 3 is 2.41 bits per heavy atom. The van der Waals surface area contributed by atoms with Crippen molar-refractivity contribution >= 4 is 5.97 Å². The van der Waals surface area contributed by atoms with Crippen molar-refractivity contribution in [3.8, 4) is 0 Å². The number of halogens is 1. The number of fused-ring (bicyclic) bond motifs is 2. The summed E-state index contributed by atoms with van der Waals surface area (Å²) in [7, 11) is 2.15. The van der Waals surface area contributed by atoms with Crippen LogP contribution in [0.15, 0.2) is 30.3 Å². The van der Waals surface area contributed by atoms with Gasteiger partial charge in [0.2, 0.25) is 0 Å². The van der Waals surface area contributed by atoms with Crippen LogP contribution in [0.25, 0.3) is 0 Å². The highest BCUT2D eigenvalue weighted by Gasteiger charge is 2.43. The van der Waals surface area contributed by atoms with E-state index in [0.717, 1.165) is 12.8 Å². The number of benzene rings is 1. The lowest BCUT2D eigenvalue weighted by Crippen LogP contribution is -2.46. The second kappa shape index (κ2) is 5.99. The summed E-state index contributed by atoms with van der Waals surface area (Å²) in [5.74, 6) is -0.435. The van der Waals surface area contributed by atoms with Gasteiger partial charge in [0.25, 0.3) is 0 Å². The van der Waals surface area contributed by atoms with Gasteiger partial charge < -0.3 is 9.64 Å². The predicted octanol–water partition coefficient (Wildman–Crippen LogP) is 3.08. The summed E-state index contributed by atoms with van der Waals surface area (Å²) < 4.78 is 19.4. The fourth-order valence-corrected chi connectivity index (χ4v) is 3.79. The molecule has 0 radical (unpaired) electrons. The second-order valence-electron chi connectivity index (χ2n) is 6.88. The Hall–Kier alpha value is -1.42. The molecular formula is C18H24FNO2. The lowest BCUT2D eigenvalue weighted by molar-refractivity contribution is -0.159. The molecule has 22 heavy (non-hydrogen) atoms.